The summed E-state index contributed by atoms with van der Waals surface area (Å²) in [5, 5.41) is 21.2. The zero-order valence-electron chi connectivity index (χ0n) is 32.2. The first-order valence-electron chi connectivity index (χ1n) is 17.8. The molecule has 0 saturated carbocycles. The predicted octanol–water partition coefficient (Wildman–Crippen LogP) is 8.04. The Kier molecular flexibility index (Phi) is 15.7. The summed E-state index contributed by atoms with van der Waals surface area (Å²) < 4.78 is 59.5. The number of carbonyl (C=O) groups excluding carboxylic acids is 2. The number of rotatable bonds is 16. The van der Waals surface area contributed by atoms with Crippen LogP contribution in [0.15, 0.2) is 109 Å². The number of hydrogen-bond donors (Lipinski definition) is 3. The van der Waals surface area contributed by atoms with Crippen LogP contribution in [-0.4, -0.2) is 73.4 Å². The lowest BCUT2D eigenvalue weighted by atomic mass is 10.2. The molecule has 5 rings (SSSR count). The summed E-state index contributed by atoms with van der Waals surface area (Å²) in [6.45, 7) is 5.12. The highest BCUT2D eigenvalue weighted by Crippen LogP contribution is 2.35. The van der Waals surface area contributed by atoms with E-state index in [4.69, 9.17) is 24.1 Å². The second-order valence-corrected chi connectivity index (χ2v) is 12.3. The van der Waals surface area contributed by atoms with E-state index in [2.05, 4.69) is 10.3 Å². The third-order valence-electron chi connectivity index (χ3n) is 8.38. The molecule has 1 aromatic heterocycles. The van der Waals surface area contributed by atoms with Crippen molar-refractivity contribution in [3.63, 3.8) is 0 Å². The summed E-state index contributed by atoms with van der Waals surface area (Å²) in [5.74, 6) is -0.517. The number of phenolic OH excluding ortho intramolecular Hbond substituents is 1. The first-order valence-corrected chi connectivity index (χ1v) is 17.8. The fraction of sp³-hybridized carbons (Fsp3) is 0.238. The summed E-state index contributed by atoms with van der Waals surface area (Å²) in [6, 6.07) is 26.5. The Morgan fingerprint density at radius 1 is 0.759 bits per heavy atom. The maximum absolute atomic E-state index is 12.7. The lowest BCUT2D eigenvalue weighted by molar-refractivity contribution is -0.143. The Bertz CT molecular complexity index is 2120. The zero-order chi connectivity index (χ0) is 42.2. The number of nitrogens with one attached hydrogen (secondary N) is 1. The number of aromatic nitrogens is 1. The molecule has 16 heteroatoms. The third-order valence-corrected chi connectivity index (χ3v) is 8.38. The van der Waals surface area contributed by atoms with Crippen molar-refractivity contribution in [3.8, 4) is 28.9 Å². The molecular weight excluding hydrogens is 761 g/mol. The molecule has 58 heavy (non-hydrogen) atoms. The van der Waals surface area contributed by atoms with Gasteiger partial charge in [-0.1, -0.05) is 30.3 Å². The van der Waals surface area contributed by atoms with Gasteiger partial charge in [-0.15, -0.1) is 0 Å². The maximum atomic E-state index is 12.7. The molecular formula is C42H43F3N4O9. The third kappa shape index (κ3) is 12.8. The number of nitrogens with zero attached hydrogens (tertiary/aromatic N) is 3. The van der Waals surface area contributed by atoms with Gasteiger partial charge in [0.15, 0.2) is 23.0 Å². The van der Waals surface area contributed by atoms with Crippen molar-refractivity contribution in [3.05, 3.63) is 126 Å². The Labute approximate surface area is 333 Å². The van der Waals surface area contributed by atoms with Gasteiger partial charge in [-0.25, -0.2) is 4.98 Å². The minimum Gasteiger partial charge on any atom is -0.504 e. The van der Waals surface area contributed by atoms with Crippen molar-refractivity contribution in [1.29, 1.82) is 0 Å². The van der Waals surface area contributed by atoms with E-state index in [-0.39, 0.29) is 48.5 Å². The number of carboxylic acids is 1. The minimum atomic E-state index is -4.46. The van der Waals surface area contributed by atoms with E-state index in [1.54, 1.807) is 41.3 Å². The van der Waals surface area contributed by atoms with Crippen LogP contribution in [0, 0.1) is 0 Å². The molecule has 0 atom stereocenters. The van der Waals surface area contributed by atoms with Crippen molar-refractivity contribution in [1.82, 2.24) is 4.98 Å². The smallest absolute Gasteiger partial charge is 0.416 e. The van der Waals surface area contributed by atoms with E-state index < -0.39 is 23.6 Å². The number of phenols is 1. The number of pyridine rings is 1. The van der Waals surface area contributed by atoms with Crippen LogP contribution >= 0.6 is 0 Å². The van der Waals surface area contributed by atoms with Crippen molar-refractivity contribution in [2.75, 3.05) is 55.5 Å². The summed E-state index contributed by atoms with van der Waals surface area (Å²) in [7, 11) is 2.94. The van der Waals surface area contributed by atoms with E-state index in [1.165, 1.54) is 32.5 Å². The molecule has 0 spiro atoms. The van der Waals surface area contributed by atoms with E-state index in [9.17, 15) is 32.7 Å². The van der Waals surface area contributed by atoms with Gasteiger partial charge in [0.25, 0.3) is 5.91 Å². The van der Waals surface area contributed by atoms with Gasteiger partial charge in [-0.2, -0.15) is 13.2 Å². The van der Waals surface area contributed by atoms with Gasteiger partial charge in [0.1, 0.15) is 19.7 Å². The van der Waals surface area contributed by atoms with E-state index in [1.807, 2.05) is 49.1 Å². The number of amides is 1. The number of aliphatic carboxylic acids is 1. The number of hydrogen-bond acceptors (Lipinski definition) is 11. The van der Waals surface area contributed by atoms with Gasteiger partial charge < -0.3 is 44.3 Å². The average Bonchev–Trinajstić information content (AvgIpc) is 3.22. The molecule has 0 fully saturated rings. The molecule has 1 amide bonds. The number of likely N-dealkylation sites (N-methyl/N-ethyl adjacent to an activating group) is 2. The molecule has 3 N–H and O–H groups in total. The van der Waals surface area contributed by atoms with Gasteiger partial charge in [0.2, 0.25) is 5.88 Å². The second-order valence-electron chi connectivity index (χ2n) is 12.3. The van der Waals surface area contributed by atoms with Gasteiger partial charge in [0.05, 0.1) is 25.3 Å². The molecule has 5 aromatic rings. The summed E-state index contributed by atoms with van der Waals surface area (Å²) >= 11 is 0. The number of ether oxygens (including phenoxy) is 4. The number of methoxy groups -OCH3 is 2. The number of aromatic hydroxyl groups is 1. The van der Waals surface area contributed by atoms with Crippen LogP contribution in [0.2, 0.25) is 0 Å². The van der Waals surface area contributed by atoms with E-state index in [0.717, 1.165) is 35.5 Å². The lowest BCUT2D eigenvalue weighted by Crippen LogP contribution is -2.30. The molecule has 13 nitrogen and oxygen atoms in total. The Morgan fingerprint density at radius 2 is 1.38 bits per heavy atom. The highest BCUT2D eigenvalue weighted by molar-refractivity contribution is 6.04. The van der Waals surface area contributed by atoms with Crippen LogP contribution in [0.25, 0.3) is 0 Å². The van der Waals surface area contributed by atoms with Crippen molar-refractivity contribution in [2.45, 2.75) is 26.6 Å². The van der Waals surface area contributed by atoms with Crippen LogP contribution in [0.3, 0.4) is 0 Å². The Morgan fingerprint density at radius 3 is 1.95 bits per heavy atom. The van der Waals surface area contributed by atoms with Crippen LogP contribution in [-0.2, 0) is 27.1 Å². The van der Waals surface area contributed by atoms with Crippen molar-refractivity contribution in [2.24, 2.45) is 0 Å². The van der Waals surface area contributed by atoms with Gasteiger partial charge in [-0.05, 0) is 74.0 Å². The van der Waals surface area contributed by atoms with Crippen LogP contribution in [0.5, 0.6) is 28.9 Å². The van der Waals surface area contributed by atoms with Gasteiger partial charge in [0, 0.05) is 54.5 Å². The Balaban J connectivity index is 0.000000280. The first-order chi connectivity index (χ1) is 27.7. The average molecular weight is 805 g/mol. The SMILES string of the molecule is CCN(CC(=O)O)c1ccc(Oc2ccc(C(=O)Nc3ccc(C(F)(F)F)cc3)cn2)c(OC)c1.CCN(CC(=O)OCc1ccccc1)c1ccc(O)c(OC)c1. The predicted molar refractivity (Wildman–Crippen MR) is 211 cm³/mol. The second kappa shape index (κ2) is 20.8. The number of carboxylic acid groups (broad SMARTS) is 1. The maximum Gasteiger partial charge on any atom is 0.416 e. The largest absolute Gasteiger partial charge is 0.504 e. The number of carbonyl (C=O) groups is 3. The molecule has 306 valence electrons. The Hall–Kier alpha value is -6.97. The lowest BCUT2D eigenvalue weighted by Gasteiger charge is -2.22. The topological polar surface area (TPSA) is 160 Å². The van der Waals surface area contributed by atoms with Crippen molar-refractivity contribution >= 4 is 34.9 Å². The number of esters is 1. The fourth-order valence-electron chi connectivity index (χ4n) is 5.31. The first kappa shape index (κ1) is 43.8. The summed E-state index contributed by atoms with van der Waals surface area (Å²) in [5.41, 5.74) is 1.95. The normalized spacial score (nSPS) is 10.7. The molecule has 0 aliphatic heterocycles. The van der Waals surface area contributed by atoms with E-state index in [0.29, 0.717) is 36.0 Å². The molecule has 0 bridgehead atoms. The molecule has 0 saturated heterocycles. The van der Waals surface area contributed by atoms with E-state index >= 15 is 0 Å². The van der Waals surface area contributed by atoms with Gasteiger partial charge in [-0.3, -0.25) is 14.4 Å². The molecule has 4 aromatic carbocycles. The molecule has 0 radical (unpaired) electrons. The highest BCUT2D eigenvalue weighted by atomic mass is 19.4. The molecule has 1 heterocycles. The van der Waals surface area contributed by atoms with Crippen LogP contribution in [0.4, 0.5) is 30.2 Å². The summed E-state index contributed by atoms with van der Waals surface area (Å²) in [4.78, 5) is 43.1. The standard InChI is InChI=1S/C24H22F3N3O5.C18H21NO4/c1-3-30(14-22(31)32)18-9-10-19(20(12-18)34-2)35-21-11-4-15(13-28-21)23(33)29-17-7-5-16(6-8-17)24(25,26)27;1-3-19(15-9-10-16(20)17(11-15)22-2)12-18(21)23-13-14-7-5-4-6-8-14/h4-13H,3,14H2,1-2H3,(H,29,33)(H,31,32);4-11,20H,3,12-13H2,1-2H3. The van der Waals surface area contributed by atoms with Gasteiger partial charge >= 0.3 is 18.1 Å². The van der Waals surface area contributed by atoms with Crippen LogP contribution in [0.1, 0.15) is 35.3 Å². The monoisotopic (exact) mass is 804 g/mol. The summed E-state index contributed by atoms with van der Waals surface area (Å²) in [6.07, 6.45) is -3.19. The fourth-order valence-corrected chi connectivity index (χ4v) is 5.31. The zero-order valence-corrected chi connectivity index (χ0v) is 32.2. The highest BCUT2D eigenvalue weighted by Gasteiger charge is 2.30. The molecule has 0 unspecified atom stereocenters. The molecule has 0 aliphatic carbocycles. The number of halogens is 3. The number of benzene rings is 4. The minimum absolute atomic E-state index is 0.0685. The van der Waals surface area contributed by atoms with Crippen molar-refractivity contribution < 1.29 is 56.7 Å². The van der Waals surface area contributed by atoms with Crippen LogP contribution < -0.4 is 29.3 Å². The molecule has 0 aliphatic rings. The quantitative estimate of drug-likeness (QED) is 0.0826. The number of alkyl halides is 3. The number of anilines is 3.